The fourth-order valence-corrected chi connectivity index (χ4v) is 1.91. The van der Waals surface area contributed by atoms with Gasteiger partial charge >= 0.3 is 0 Å². The Morgan fingerprint density at radius 3 is 2.50 bits per heavy atom. The SMILES string of the molecule is CCCNC(=O)c1cc(F)cc(S(N)(=O)=O)c1F. The summed E-state index contributed by atoms with van der Waals surface area (Å²) in [6.45, 7) is 2.04. The van der Waals surface area contributed by atoms with Crippen molar-refractivity contribution in [3.8, 4) is 0 Å². The molecular formula is C10H12F2N2O3S. The van der Waals surface area contributed by atoms with Crippen LogP contribution in [0.3, 0.4) is 0 Å². The van der Waals surface area contributed by atoms with E-state index in [0.29, 0.717) is 18.6 Å². The van der Waals surface area contributed by atoms with Gasteiger partial charge in [-0.3, -0.25) is 4.79 Å². The number of hydrogen-bond acceptors (Lipinski definition) is 3. The second-order valence-corrected chi connectivity index (χ2v) is 5.10. The van der Waals surface area contributed by atoms with Crippen LogP contribution in [0, 0.1) is 11.6 Å². The zero-order valence-corrected chi connectivity index (χ0v) is 10.4. The van der Waals surface area contributed by atoms with E-state index in [1.807, 2.05) is 0 Å². The lowest BCUT2D eigenvalue weighted by Gasteiger charge is -2.08. The average molecular weight is 278 g/mol. The average Bonchev–Trinajstić information content (AvgIpc) is 2.27. The van der Waals surface area contributed by atoms with E-state index in [1.165, 1.54) is 0 Å². The van der Waals surface area contributed by atoms with Crippen LogP contribution in [0.5, 0.6) is 0 Å². The zero-order valence-electron chi connectivity index (χ0n) is 9.54. The first-order chi connectivity index (χ1) is 8.27. The molecule has 0 aliphatic heterocycles. The van der Waals surface area contributed by atoms with Crippen molar-refractivity contribution in [1.82, 2.24) is 5.32 Å². The molecular weight excluding hydrogens is 266 g/mol. The molecule has 1 rings (SSSR count). The molecule has 18 heavy (non-hydrogen) atoms. The molecule has 1 aromatic carbocycles. The molecule has 0 heterocycles. The van der Waals surface area contributed by atoms with Crippen molar-refractivity contribution in [3.05, 3.63) is 29.3 Å². The molecule has 1 amide bonds. The molecule has 0 bridgehead atoms. The van der Waals surface area contributed by atoms with Crippen molar-refractivity contribution in [2.75, 3.05) is 6.54 Å². The molecule has 0 spiro atoms. The van der Waals surface area contributed by atoms with Crippen LogP contribution in [0.2, 0.25) is 0 Å². The molecule has 0 saturated heterocycles. The highest BCUT2D eigenvalue weighted by molar-refractivity contribution is 7.89. The number of rotatable bonds is 4. The highest BCUT2D eigenvalue weighted by Crippen LogP contribution is 2.19. The minimum Gasteiger partial charge on any atom is -0.352 e. The van der Waals surface area contributed by atoms with Gasteiger partial charge in [0, 0.05) is 6.54 Å². The van der Waals surface area contributed by atoms with E-state index in [-0.39, 0.29) is 6.54 Å². The van der Waals surface area contributed by atoms with E-state index in [1.54, 1.807) is 6.92 Å². The van der Waals surface area contributed by atoms with Gasteiger partial charge in [0.2, 0.25) is 10.0 Å². The maximum atomic E-state index is 13.7. The van der Waals surface area contributed by atoms with Crippen molar-refractivity contribution in [1.29, 1.82) is 0 Å². The second kappa shape index (κ2) is 5.40. The third-order valence-electron chi connectivity index (χ3n) is 2.09. The van der Waals surface area contributed by atoms with E-state index < -0.39 is 38.0 Å². The van der Waals surface area contributed by atoms with Crippen LogP contribution in [-0.2, 0) is 10.0 Å². The van der Waals surface area contributed by atoms with Gasteiger partial charge in [0.1, 0.15) is 10.7 Å². The quantitative estimate of drug-likeness (QED) is 0.851. The van der Waals surface area contributed by atoms with Gasteiger partial charge in [0.15, 0.2) is 5.82 Å². The third-order valence-corrected chi connectivity index (χ3v) is 3.00. The fraction of sp³-hybridized carbons (Fsp3) is 0.300. The Morgan fingerprint density at radius 2 is 2.00 bits per heavy atom. The Labute approximate surface area is 103 Å². The Morgan fingerprint density at radius 1 is 1.39 bits per heavy atom. The van der Waals surface area contributed by atoms with Crippen molar-refractivity contribution in [3.63, 3.8) is 0 Å². The van der Waals surface area contributed by atoms with E-state index >= 15 is 0 Å². The van der Waals surface area contributed by atoms with Crippen LogP contribution in [0.25, 0.3) is 0 Å². The van der Waals surface area contributed by atoms with Gasteiger partial charge in [0.05, 0.1) is 5.56 Å². The molecule has 0 saturated carbocycles. The first-order valence-corrected chi connectivity index (χ1v) is 6.62. The molecule has 100 valence electrons. The summed E-state index contributed by atoms with van der Waals surface area (Å²) < 4.78 is 49.0. The van der Waals surface area contributed by atoms with Crippen LogP contribution < -0.4 is 10.5 Å². The summed E-state index contributed by atoms with van der Waals surface area (Å²) in [5, 5.41) is 7.04. The summed E-state index contributed by atoms with van der Waals surface area (Å²) in [6.07, 6.45) is 0.602. The molecule has 5 nitrogen and oxygen atoms in total. The number of carbonyl (C=O) groups excluding carboxylic acids is 1. The van der Waals surface area contributed by atoms with Crippen LogP contribution in [0.1, 0.15) is 23.7 Å². The molecule has 8 heteroatoms. The number of nitrogens with one attached hydrogen (secondary N) is 1. The number of nitrogens with two attached hydrogens (primary N) is 1. The van der Waals surface area contributed by atoms with Crippen molar-refractivity contribution in [2.45, 2.75) is 18.2 Å². The van der Waals surface area contributed by atoms with Crippen LogP contribution in [0.15, 0.2) is 17.0 Å². The topological polar surface area (TPSA) is 89.3 Å². The van der Waals surface area contributed by atoms with Crippen LogP contribution in [-0.4, -0.2) is 20.9 Å². The predicted molar refractivity (Wildman–Crippen MR) is 60.4 cm³/mol. The number of hydrogen-bond donors (Lipinski definition) is 2. The lowest BCUT2D eigenvalue weighted by molar-refractivity contribution is 0.0948. The van der Waals surface area contributed by atoms with Gasteiger partial charge in [-0.1, -0.05) is 6.92 Å². The summed E-state index contributed by atoms with van der Waals surface area (Å²) in [6, 6.07) is 1.05. The van der Waals surface area contributed by atoms with E-state index in [4.69, 9.17) is 5.14 Å². The van der Waals surface area contributed by atoms with E-state index in [9.17, 15) is 22.0 Å². The molecule has 0 aromatic heterocycles. The summed E-state index contributed by atoms with van der Waals surface area (Å²) in [7, 11) is -4.43. The summed E-state index contributed by atoms with van der Waals surface area (Å²) in [4.78, 5) is 10.5. The lowest BCUT2D eigenvalue weighted by Crippen LogP contribution is -2.26. The third kappa shape index (κ3) is 3.23. The molecule has 0 radical (unpaired) electrons. The normalized spacial score (nSPS) is 11.3. The lowest BCUT2D eigenvalue weighted by atomic mass is 10.2. The van der Waals surface area contributed by atoms with Gasteiger partial charge in [-0.25, -0.2) is 22.3 Å². The first-order valence-electron chi connectivity index (χ1n) is 5.07. The van der Waals surface area contributed by atoms with Gasteiger partial charge in [-0.05, 0) is 18.6 Å². The molecule has 0 aliphatic rings. The molecule has 0 fully saturated rings. The highest BCUT2D eigenvalue weighted by Gasteiger charge is 2.22. The Bertz CT molecular complexity index is 573. The Kier molecular flexibility index (Phi) is 4.36. The van der Waals surface area contributed by atoms with Crippen molar-refractivity contribution in [2.24, 2.45) is 5.14 Å². The second-order valence-electron chi connectivity index (χ2n) is 3.57. The van der Waals surface area contributed by atoms with E-state index in [2.05, 4.69) is 5.32 Å². The predicted octanol–water partition coefficient (Wildman–Crippen LogP) is 0.752. The molecule has 0 unspecified atom stereocenters. The van der Waals surface area contributed by atoms with Gasteiger partial charge in [-0.15, -0.1) is 0 Å². The van der Waals surface area contributed by atoms with E-state index in [0.717, 1.165) is 0 Å². The monoisotopic (exact) mass is 278 g/mol. The van der Waals surface area contributed by atoms with Crippen LogP contribution in [0.4, 0.5) is 8.78 Å². The standard InChI is InChI=1S/C10H12F2N2O3S/c1-2-3-14-10(15)7-4-6(11)5-8(9(7)12)18(13,16)17/h4-5H,2-3H2,1H3,(H,14,15)(H2,13,16,17). The number of amides is 1. The number of carbonyl (C=O) groups is 1. The number of benzene rings is 1. The van der Waals surface area contributed by atoms with Crippen LogP contribution >= 0.6 is 0 Å². The minimum absolute atomic E-state index is 0.263. The highest BCUT2D eigenvalue weighted by atomic mass is 32.2. The summed E-state index contributed by atoms with van der Waals surface area (Å²) in [5.41, 5.74) is -0.688. The number of halogens is 2. The maximum absolute atomic E-state index is 13.7. The summed E-state index contributed by atoms with van der Waals surface area (Å²) in [5.74, 6) is -3.30. The Hall–Kier alpha value is -1.54. The fourth-order valence-electron chi connectivity index (χ4n) is 1.27. The Balaban J connectivity index is 3.30. The number of primary sulfonamides is 1. The zero-order chi connectivity index (χ0) is 13.9. The van der Waals surface area contributed by atoms with Gasteiger partial charge < -0.3 is 5.32 Å². The van der Waals surface area contributed by atoms with Crippen molar-refractivity contribution < 1.29 is 22.0 Å². The number of sulfonamides is 1. The summed E-state index contributed by atoms with van der Waals surface area (Å²) >= 11 is 0. The maximum Gasteiger partial charge on any atom is 0.254 e. The minimum atomic E-state index is -4.43. The smallest absolute Gasteiger partial charge is 0.254 e. The molecule has 3 N–H and O–H groups in total. The molecule has 0 aliphatic carbocycles. The molecule has 1 aromatic rings. The van der Waals surface area contributed by atoms with Gasteiger partial charge in [-0.2, -0.15) is 0 Å². The van der Waals surface area contributed by atoms with Crippen molar-refractivity contribution >= 4 is 15.9 Å². The first kappa shape index (κ1) is 14.5. The molecule has 0 atom stereocenters. The van der Waals surface area contributed by atoms with Gasteiger partial charge in [0.25, 0.3) is 5.91 Å². The largest absolute Gasteiger partial charge is 0.352 e.